The molecule has 0 radical (unpaired) electrons. The Morgan fingerprint density at radius 2 is 1.55 bits per heavy atom. The smallest absolute Gasteiger partial charge is 0.311 e. The summed E-state index contributed by atoms with van der Waals surface area (Å²) in [4.78, 5) is 11.9. The first-order valence-electron chi connectivity index (χ1n) is 13.2. The molecule has 1 aliphatic carbocycles. The molecule has 2 aromatic carbocycles. The summed E-state index contributed by atoms with van der Waals surface area (Å²) in [5.41, 5.74) is 5.20. The second-order valence-electron chi connectivity index (χ2n) is 9.66. The van der Waals surface area contributed by atoms with E-state index in [1.54, 1.807) is 0 Å². The molecule has 0 saturated carbocycles. The maximum Gasteiger partial charge on any atom is 0.311 e. The van der Waals surface area contributed by atoms with Gasteiger partial charge in [-0.2, -0.15) is 0 Å². The summed E-state index contributed by atoms with van der Waals surface area (Å²) in [7, 11) is 0. The van der Waals surface area contributed by atoms with Gasteiger partial charge in [-0.25, -0.2) is 0 Å². The molecule has 1 aliphatic rings. The fourth-order valence-electron chi connectivity index (χ4n) is 4.88. The van der Waals surface area contributed by atoms with Gasteiger partial charge in [-0.15, -0.1) is 0 Å². The molecule has 3 rings (SSSR count). The van der Waals surface area contributed by atoms with Gasteiger partial charge in [0.1, 0.15) is 5.75 Å². The zero-order chi connectivity index (χ0) is 23.5. The Bertz CT molecular complexity index is 872. The van der Waals surface area contributed by atoms with E-state index in [9.17, 15) is 4.79 Å². The third kappa shape index (κ3) is 7.88. The molecule has 2 heteroatoms. The third-order valence-corrected chi connectivity index (χ3v) is 7.32. The number of benzene rings is 2. The molecule has 2 nitrogen and oxygen atoms in total. The SMILES string of the molecule is CCCCCC(=O)Oc1ccc(-c2ccc(C3=CCC(CCC(CC)CC)CC3)cc2)cc1. The standard InChI is InChI=1S/C31H42O2/c1-4-7-8-9-31(32)33-30-22-20-29(21-23-30)28-18-16-27(17-19-28)26-14-12-25(13-15-26)11-10-24(5-2)6-3/h14,16-25H,4-13,15H2,1-3H3. The molecule has 0 saturated heterocycles. The molecule has 1 unspecified atom stereocenters. The van der Waals surface area contributed by atoms with Crippen LogP contribution in [0.5, 0.6) is 5.75 Å². The first-order chi connectivity index (χ1) is 16.1. The van der Waals surface area contributed by atoms with Crippen molar-refractivity contribution in [2.45, 2.75) is 91.4 Å². The summed E-state index contributed by atoms with van der Waals surface area (Å²) in [6.07, 6.45) is 15.2. The van der Waals surface area contributed by atoms with Crippen molar-refractivity contribution in [3.05, 3.63) is 60.2 Å². The van der Waals surface area contributed by atoms with Crippen LogP contribution in [0.2, 0.25) is 0 Å². The second-order valence-corrected chi connectivity index (χ2v) is 9.66. The largest absolute Gasteiger partial charge is 0.427 e. The number of carbonyl (C=O) groups is 1. The van der Waals surface area contributed by atoms with Crippen LogP contribution in [0.1, 0.15) is 97.0 Å². The second kappa shape index (κ2) is 13.4. The molecule has 0 bridgehead atoms. The Hall–Kier alpha value is -2.35. The van der Waals surface area contributed by atoms with Gasteiger partial charge in [0.05, 0.1) is 0 Å². The number of hydrogen-bond acceptors (Lipinski definition) is 2. The van der Waals surface area contributed by atoms with Crippen LogP contribution in [0, 0.1) is 11.8 Å². The average Bonchev–Trinajstić information content (AvgIpc) is 2.86. The highest BCUT2D eigenvalue weighted by Gasteiger charge is 2.17. The summed E-state index contributed by atoms with van der Waals surface area (Å²) in [6.45, 7) is 6.79. The Labute approximate surface area is 201 Å². The summed E-state index contributed by atoms with van der Waals surface area (Å²) in [5, 5.41) is 0. The zero-order valence-corrected chi connectivity index (χ0v) is 20.9. The van der Waals surface area contributed by atoms with Crippen molar-refractivity contribution in [3.63, 3.8) is 0 Å². The highest BCUT2D eigenvalue weighted by molar-refractivity contribution is 5.74. The summed E-state index contributed by atoms with van der Waals surface area (Å²) >= 11 is 0. The van der Waals surface area contributed by atoms with Gasteiger partial charge in [0.2, 0.25) is 0 Å². The van der Waals surface area contributed by atoms with E-state index in [1.165, 1.54) is 61.6 Å². The molecule has 0 aromatic heterocycles. The molecule has 0 heterocycles. The van der Waals surface area contributed by atoms with Crippen LogP contribution >= 0.6 is 0 Å². The van der Waals surface area contributed by atoms with Crippen molar-refractivity contribution in [3.8, 4) is 16.9 Å². The van der Waals surface area contributed by atoms with Crippen molar-refractivity contribution < 1.29 is 9.53 Å². The molecular formula is C31H42O2. The molecular weight excluding hydrogens is 404 g/mol. The molecule has 0 spiro atoms. The lowest BCUT2D eigenvalue weighted by Crippen LogP contribution is -2.08. The molecule has 178 valence electrons. The van der Waals surface area contributed by atoms with Gasteiger partial charge in [-0.3, -0.25) is 4.79 Å². The van der Waals surface area contributed by atoms with E-state index >= 15 is 0 Å². The molecule has 0 amide bonds. The van der Waals surface area contributed by atoms with Gasteiger partial charge in [0.25, 0.3) is 0 Å². The summed E-state index contributed by atoms with van der Waals surface area (Å²) in [6, 6.07) is 16.8. The number of unbranched alkanes of at least 4 members (excludes halogenated alkanes) is 2. The van der Waals surface area contributed by atoms with Gasteiger partial charge in [-0.1, -0.05) is 95.3 Å². The number of allylic oxidation sites excluding steroid dienone is 2. The van der Waals surface area contributed by atoms with E-state index in [-0.39, 0.29) is 5.97 Å². The van der Waals surface area contributed by atoms with Gasteiger partial charge in [0.15, 0.2) is 0 Å². The Balaban J connectivity index is 1.52. The predicted octanol–water partition coefficient (Wildman–Crippen LogP) is 9.24. The lowest BCUT2D eigenvalue weighted by Gasteiger charge is -2.24. The predicted molar refractivity (Wildman–Crippen MR) is 140 cm³/mol. The molecule has 0 N–H and O–H groups in total. The van der Waals surface area contributed by atoms with E-state index in [1.807, 2.05) is 24.3 Å². The maximum atomic E-state index is 11.9. The summed E-state index contributed by atoms with van der Waals surface area (Å²) < 4.78 is 5.46. The maximum absolute atomic E-state index is 11.9. The van der Waals surface area contributed by atoms with E-state index < -0.39 is 0 Å². The Morgan fingerprint density at radius 3 is 2.12 bits per heavy atom. The Kier molecular flexibility index (Phi) is 10.2. The van der Waals surface area contributed by atoms with E-state index in [0.717, 1.165) is 36.7 Å². The van der Waals surface area contributed by atoms with Crippen LogP contribution in [-0.2, 0) is 4.79 Å². The number of carbonyl (C=O) groups excluding carboxylic acids is 1. The first-order valence-corrected chi connectivity index (χ1v) is 13.2. The van der Waals surface area contributed by atoms with Gasteiger partial charge in [-0.05, 0) is 78.3 Å². The molecule has 0 fully saturated rings. The Morgan fingerprint density at radius 1 is 0.909 bits per heavy atom. The molecule has 0 aliphatic heterocycles. The fourth-order valence-corrected chi connectivity index (χ4v) is 4.88. The minimum absolute atomic E-state index is 0.140. The lowest BCUT2D eigenvalue weighted by atomic mass is 9.82. The minimum atomic E-state index is -0.140. The number of hydrogen-bond donors (Lipinski definition) is 0. The van der Waals surface area contributed by atoms with Crippen molar-refractivity contribution in [1.82, 2.24) is 0 Å². The van der Waals surface area contributed by atoms with Crippen molar-refractivity contribution in [1.29, 1.82) is 0 Å². The molecule has 33 heavy (non-hydrogen) atoms. The minimum Gasteiger partial charge on any atom is -0.427 e. The fraction of sp³-hybridized carbons (Fsp3) is 0.516. The van der Waals surface area contributed by atoms with Crippen LogP contribution in [-0.4, -0.2) is 5.97 Å². The topological polar surface area (TPSA) is 26.3 Å². The van der Waals surface area contributed by atoms with E-state index in [0.29, 0.717) is 12.2 Å². The van der Waals surface area contributed by atoms with Crippen molar-refractivity contribution >= 4 is 11.5 Å². The van der Waals surface area contributed by atoms with Crippen LogP contribution in [0.4, 0.5) is 0 Å². The van der Waals surface area contributed by atoms with Crippen LogP contribution in [0.3, 0.4) is 0 Å². The molecule has 1 atom stereocenters. The van der Waals surface area contributed by atoms with Crippen molar-refractivity contribution in [2.24, 2.45) is 11.8 Å². The lowest BCUT2D eigenvalue weighted by molar-refractivity contribution is -0.134. The number of ether oxygens (including phenoxy) is 1. The van der Waals surface area contributed by atoms with Crippen molar-refractivity contribution in [2.75, 3.05) is 0 Å². The quantitative estimate of drug-likeness (QED) is 0.184. The van der Waals surface area contributed by atoms with Crippen LogP contribution in [0.15, 0.2) is 54.6 Å². The normalized spacial score (nSPS) is 16.0. The number of esters is 1. The molecule has 2 aromatic rings. The number of rotatable bonds is 12. The van der Waals surface area contributed by atoms with Gasteiger partial charge in [0, 0.05) is 6.42 Å². The van der Waals surface area contributed by atoms with Gasteiger partial charge < -0.3 is 4.74 Å². The van der Waals surface area contributed by atoms with E-state index in [4.69, 9.17) is 4.74 Å². The van der Waals surface area contributed by atoms with Crippen LogP contribution < -0.4 is 4.74 Å². The van der Waals surface area contributed by atoms with E-state index in [2.05, 4.69) is 51.1 Å². The van der Waals surface area contributed by atoms with Gasteiger partial charge >= 0.3 is 5.97 Å². The average molecular weight is 447 g/mol. The van der Waals surface area contributed by atoms with Crippen LogP contribution in [0.25, 0.3) is 16.7 Å². The summed E-state index contributed by atoms with van der Waals surface area (Å²) in [5.74, 6) is 2.27. The monoisotopic (exact) mass is 446 g/mol. The zero-order valence-electron chi connectivity index (χ0n) is 20.9. The highest BCUT2D eigenvalue weighted by Crippen LogP contribution is 2.34. The first kappa shape index (κ1) is 25.3. The highest BCUT2D eigenvalue weighted by atomic mass is 16.5. The third-order valence-electron chi connectivity index (χ3n) is 7.32.